The molecule has 0 saturated heterocycles. The molecule has 0 aromatic heterocycles. The number of carbonyl (C=O) groups is 2. The maximum absolute atomic E-state index is 11.7. The molecule has 0 spiro atoms. The van der Waals surface area contributed by atoms with Gasteiger partial charge in [0.05, 0.1) is 0 Å². The molecule has 0 aliphatic rings. The van der Waals surface area contributed by atoms with E-state index in [9.17, 15) is 18.0 Å². The van der Waals surface area contributed by atoms with Gasteiger partial charge >= 0.3 is 6.03 Å². The molecule has 0 aliphatic carbocycles. The Balaban J connectivity index is 2.98. The molecule has 116 valence electrons. The maximum atomic E-state index is 11.7. The summed E-state index contributed by atoms with van der Waals surface area (Å²) in [6.07, 6.45) is -1.10. The normalized spacial score (nSPS) is 12.4. The Labute approximate surface area is 134 Å². The van der Waals surface area contributed by atoms with Crippen molar-refractivity contribution in [1.82, 2.24) is 10.6 Å². The average Bonchev–Trinajstić information content (AvgIpc) is 2.39. The molecule has 1 unspecified atom stereocenters. The van der Waals surface area contributed by atoms with E-state index in [0.29, 0.717) is 4.47 Å². The topological polar surface area (TPSA) is 102 Å². The first-order valence-electron chi connectivity index (χ1n) is 5.58. The van der Waals surface area contributed by atoms with Crippen LogP contribution < -0.4 is 15.4 Å². The van der Waals surface area contributed by atoms with Crippen LogP contribution in [0.25, 0.3) is 0 Å². The Morgan fingerprint density at radius 3 is 2.52 bits per heavy atom. The van der Waals surface area contributed by atoms with Gasteiger partial charge in [0.25, 0.3) is 15.0 Å². The fraction of sp³-hybridized carbons (Fsp3) is 0.273. The highest BCUT2D eigenvalue weighted by Gasteiger charge is 2.22. The van der Waals surface area contributed by atoms with Gasteiger partial charge in [-0.3, -0.25) is 10.1 Å². The molecule has 1 aromatic carbocycles. The number of halogens is 2. The number of hydrogen-bond donors (Lipinski definition) is 2. The van der Waals surface area contributed by atoms with Gasteiger partial charge in [-0.2, -0.15) is 0 Å². The van der Waals surface area contributed by atoms with Crippen LogP contribution in [0.2, 0.25) is 0 Å². The van der Waals surface area contributed by atoms with Gasteiger partial charge in [0, 0.05) is 22.2 Å². The van der Waals surface area contributed by atoms with Gasteiger partial charge in [0.2, 0.25) is 0 Å². The molecule has 0 radical (unpaired) electrons. The molecule has 1 rings (SSSR count). The summed E-state index contributed by atoms with van der Waals surface area (Å²) in [5.74, 6) is -0.817. The fourth-order valence-electron chi connectivity index (χ4n) is 1.29. The van der Waals surface area contributed by atoms with Crippen LogP contribution in [0.4, 0.5) is 4.79 Å². The lowest BCUT2D eigenvalue weighted by atomic mass is 10.3. The number of amides is 3. The molecule has 10 heteroatoms. The summed E-state index contributed by atoms with van der Waals surface area (Å²) in [4.78, 5) is 22.4. The smallest absolute Gasteiger partial charge is 0.321 e. The summed E-state index contributed by atoms with van der Waals surface area (Å²) in [6.45, 7) is 1.37. The van der Waals surface area contributed by atoms with Crippen LogP contribution in [0.3, 0.4) is 0 Å². The molecule has 7 nitrogen and oxygen atoms in total. The number of benzene rings is 1. The van der Waals surface area contributed by atoms with Crippen molar-refractivity contribution in [1.29, 1.82) is 0 Å². The lowest BCUT2D eigenvalue weighted by Gasteiger charge is -2.16. The molecule has 0 saturated carbocycles. The summed E-state index contributed by atoms with van der Waals surface area (Å²) in [7, 11) is 2.61. The van der Waals surface area contributed by atoms with E-state index in [1.54, 1.807) is 0 Å². The van der Waals surface area contributed by atoms with Crippen LogP contribution in [0.5, 0.6) is 5.75 Å². The van der Waals surface area contributed by atoms with Gasteiger partial charge in [0.15, 0.2) is 6.10 Å². The second kappa shape index (κ2) is 7.10. The summed E-state index contributed by atoms with van der Waals surface area (Å²) in [5, 5.41) is 4.22. The van der Waals surface area contributed by atoms with Gasteiger partial charge in [-0.25, -0.2) is 13.2 Å². The zero-order chi connectivity index (χ0) is 16.2. The van der Waals surface area contributed by atoms with E-state index in [2.05, 4.69) is 21.2 Å². The molecule has 0 aliphatic heterocycles. The zero-order valence-corrected chi connectivity index (χ0v) is 14.2. The number of carbonyl (C=O) groups excluding carboxylic acids is 2. The van der Waals surface area contributed by atoms with E-state index in [1.807, 2.05) is 5.32 Å². The van der Waals surface area contributed by atoms with Crippen LogP contribution in [-0.4, -0.2) is 33.5 Å². The summed E-state index contributed by atoms with van der Waals surface area (Å²) in [5.41, 5.74) is 0. The quantitative estimate of drug-likeness (QED) is 0.749. The lowest BCUT2D eigenvalue weighted by Crippen LogP contribution is -2.44. The Morgan fingerprint density at radius 1 is 1.38 bits per heavy atom. The molecule has 1 atom stereocenters. The third kappa shape index (κ3) is 5.18. The van der Waals surface area contributed by atoms with Gasteiger partial charge in [-0.1, -0.05) is 15.9 Å². The Bertz CT molecular complexity index is 665. The van der Waals surface area contributed by atoms with Crippen molar-refractivity contribution < 1.29 is 22.7 Å². The molecule has 0 fully saturated rings. The molecule has 0 heterocycles. The predicted molar refractivity (Wildman–Crippen MR) is 79.9 cm³/mol. The average molecular weight is 400 g/mol. The Hall–Kier alpha value is -1.32. The largest absolute Gasteiger partial charge is 0.479 e. The third-order valence-corrected chi connectivity index (χ3v) is 4.14. The van der Waals surface area contributed by atoms with Crippen LogP contribution in [0, 0.1) is 0 Å². The minimum Gasteiger partial charge on any atom is -0.479 e. The van der Waals surface area contributed by atoms with Crippen LogP contribution in [-0.2, 0) is 13.8 Å². The van der Waals surface area contributed by atoms with Crippen molar-refractivity contribution >= 4 is 47.6 Å². The van der Waals surface area contributed by atoms with Crippen LogP contribution in [0.15, 0.2) is 27.6 Å². The van der Waals surface area contributed by atoms with Crippen molar-refractivity contribution in [2.24, 2.45) is 0 Å². The number of rotatable bonds is 4. The first-order chi connectivity index (χ1) is 9.65. The van der Waals surface area contributed by atoms with Gasteiger partial charge in [0.1, 0.15) is 10.6 Å². The molecular formula is C11H12BrClN2O5S. The minimum atomic E-state index is -4.05. The van der Waals surface area contributed by atoms with E-state index in [-0.39, 0.29) is 10.6 Å². The number of ether oxygens (including phenoxy) is 1. The summed E-state index contributed by atoms with van der Waals surface area (Å²) in [6, 6.07) is 3.44. The van der Waals surface area contributed by atoms with Crippen molar-refractivity contribution in [2.45, 2.75) is 17.9 Å². The van der Waals surface area contributed by atoms with Crippen LogP contribution in [0.1, 0.15) is 6.92 Å². The molecule has 2 N–H and O–H groups in total. The van der Waals surface area contributed by atoms with Gasteiger partial charge < -0.3 is 10.1 Å². The molecule has 21 heavy (non-hydrogen) atoms. The standard InChI is InChI=1S/C11H12BrClN2O5S/c1-6(10(16)15-11(17)14-2)20-8-4-3-7(12)5-9(8)21(13,18)19/h3-6H,1-2H3,(H2,14,15,16,17). The molecule has 3 amide bonds. The highest BCUT2D eigenvalue weighted by atomic mass is 79.9. The maximum Gasteiger partial charge on any atom is 0.321 e. The van der Waals surface area contributed by atoms with Gasteiger partial charge in [-0.05, 0) is 25.1 Å². The van der Waals surface area contributed by atoms with E-state index in [4.69, 9.17) is 15.4 Å². The number of hydrogen-bond acceptors (Lipinski definition) is 5. The fourth-order valence-corrected chi connectivity index (χ4v) is 2.79. The summed E-state index contributed by atoms with van der Waals surface area (Å²) >= 11 is 3.12. The Morgan fingerprint density at radius 2 is 2.00 bits per heavy atom. The summed E-state index contributed by atoms with van der Waals surface area (Å²) < 4.78 is 28.7. The second-order valence-electron chi connectivity index (χ2n) is 3.86. The highest BCUT2D eigenvalue weighted by molar-refractivity contribution is 9.10. The first-order valence-corrected chi connectivity index (χ1v) is 8.69. The predicted octanol–water partition coefficient (Wildman–Crippen LogP) is 1.60. The molecule has 1 aromatic rings. The Kier molecular flexibility index (Phi) is 5.99. The van der Waals surface area contributed by atoms with E-state index in [1.165, 1.54) is 32.2 Å². The number of imide groups is 1. The van der Waals surface area contributed by atoms with Crippen LogP contribution >= 0.6 is 26.6 Å². The van der Waals surface area contributed by atoms with Crippen molar-refractivity contribution in [3.8, 4) is 5.75 Å². The zero-order valence-electron chi connectivity index (χ0n) is 11.0. The van der Waals surface area contributed by atoms with E-state index < -0.39 is 27.1 Å². The SMILES string of the molecule is CNC(=O)NC(=O)C(C)Oc1ccc(Br)cc1S(=O)(=O)Cl. The number of nitrogens with one attached hydrogen (secondary N) is 2. The lowest BCUT2D eigenvalue weighted by molar-refractivity contribution is -0.126. The second-order valence-corrected chi connectivity index (χ2v) is 7.31. The van der Waals surface area contributed by atoms with E-state index in [0.717, 1.165) is 0 Å². The molecular weight excluding hydrogens is 388 g/mol. The van der Waals surface area contributed by atoms with Crippen molar-refractivity contribution in [3.63, 3.8) is 0 Å². The first kappa shape index (κ1) is 17.7. The third-order valence-electron chi connectivity index (χ3n) is 2.31. The van der Waals surface area contributed by atoms with Crippen molar-refractivity contribution in [3.05, 3.63) is 22.7 Å². The van der Waals surface area contributed by atoms with Gasteiger partial charge in [-0.15, -0.1) is 0 Å². The van der Waals surface area contributed by atoms with E-state index >= 15 is 0 Å². The minimum absolute atomic E-state index is 0.0900. The highest BCUT2D eigenvalue weighted by Crippen LogP contribution is 2.30. The number of urea groups is 1. The van der Waals surface area contributed by atoms with Crippen molar-refractivity contribution in [2.75, 3.05) is 7.05 Å². The molecule has 0 bridgehead atoms. The monoisotopic (exact) mass is 398 g/mol.